The summed E-state index contributed by atoms with van der Waals surface area (Å²) in [6.45, 7) is 9.03. The van der Waals surface area contributed by atoms with E-state index in [-0.39, 0.29) is 0 Å². The van der Waals surface area contributed by atoms with Crippen molar-refractivity contribution in [2.75, 3.05) is 6.54 Å². The van der Waals surface area contributed by atoms with Gasteiger partial charge in [-0.05, 0) is 19.1 Å². The van der Waals surface area contributed by atoms with Gasteiger partial charge in [-0.15, -0.1) is 0 Å². The first kappa shape index (κ1) is 11.7. The molecule has 0 aliphatic heterocycles. The lowest BCUT2D eigenvalue weighted by Gasteiger charge is -2.06. The van der Waals surface area contributed by atoms with E-state index in [1.54, 1.807) is 0 Å². The normalized spacial score (nSPS) is 12.8. The number of aliphatic imine (C=N–C) groups is 1. The summed E-state index contributed by atoms with van der Waals surface area (Å²) in [4.78, 5) is 3.83. The monoisotopic (exact) mass is 169 g/mol. The molecular formula is C11H23N. The van der Waals surface area contributed by atoms with Crippen LogP contribution in [0.1, 0.15) is 52.4 Å². The Labute approximate surface area is 77.3 Å². The molecule has 0 bridgehead atoms. The smallest absolute Gasteiger partial charge is 0.0382 e. The van der Waals surface area contributed by atoms with Crippen LogP contribution < -0.4 is 0 Å². The number of nitrogens with zero attached hydrogens (tertiary/aromatic N) is 1. The number of hydrogen-bond acceptors (Lipinski definition) is 1. The van der Waals surface area contributed by atoms with E-state index in [2.05, 4.69) is 25.6 Å². The number of hydrogen-bond donors (Lipinski definition) is 0. The molecule has 0 rings (SSSR count). The maximum atomic E-state index is 3.83. The van der Waals surface area contributed by atoms with Crippen LogP contribution in [0.2, 0.25) is 0 Å². The Bertz CT molecular complexity index is 99.2. The maximum Gasteiger partial charge on any atom is 0.0382 e. The van der Waals surface area contributed by atoms with Crippen molar-refractivity contribution >= 4 is 6.72 Å². The van der Waals surface area contributed by atoms with Gasteiger partial charge in [-0.25, -0.2) is 0 Å². The van der Waals surface area contributed by atoms with Crippen LogP contribution in [0, 0.1) is 5.92 Å². The molecule has 0 saturated heterocycles. The highest BCUT2D eigenvalue weighted by Gasteiger charge is 1.97. The molecule has 12 heavy (non-hydrogen) atoms. The Kier molecular flexibility index (Phi) is 8.52. The van der Waals surface area contributed by atoms with Crippen molar-refractivity contribution in [3.05, 3.63) is 0 Å². The predicted octanol–water partition coefficient (Wildman–Crippen LogP) is 3.68. The predicted molar refractivity (Wildman–Crippen MR) is 57.0 cm³/mol. The quantitative estimate of drug-likeness (QED) is 0.388. The van der Waals surface area contributed by atoms with Crippen LogP contribution in [0.25, 0.3) is 0 Å². The second kappa shape index (κ2) is 8.76. The molecule has 0 amide bonds. The summed E-state index contributed by atoms with van der Waals surface area (Å²) in [7, 11) is 0. The molecule has 0 aromatic heterocycles. The fourth-order valence-corrected chi connectivity index (χ4v) is 1.27. The largest absolute Gasteiger partial charge is 0.301 e. The Hall–Kier alpha value is -0.330. The van der Waals surface area contributed by atoms with Gasteiger partial charge in [0.25, 0.3) is 0 Å². The third-order valence-corrected chi connectivity index (χ3v) is 2.46. The van der Waals surface area contributed by atoms with Gasteiger partial charge in [0.2, 0.25) is 0 Å². The molecule has 0 N–H and O–H groups in total. The van der Waals surface area contributed by atoms with E-state index in [1.165, 1.54) is 38.5 Å². The Morgan fingerprint density at radius 2 is 1.83 bits per heavy atom. The fourth-order valence-electron chi connectivity index (χ4n) is 1.27. The zero-order valence-electron chi connectivity index (χ0n) is 8.68. The first-order chi connectivity index (χ1) is 5.81. The first-order valence-corrected chi connectivity index (χ1v) is 5.23. The van der Waals surface area contributed by atoms with E-state index >= 15 is 0 Å². The van der Waals surface area contributed by atoms with Gasteiger partial charge >= 0.3 is 0 Å². The lowest BCUT2D eigenvalue weighted by Crippen LogP contribution is -1.91. The summed E-state index contributed by atoms with van der Waals surface area (Å²) < 4.78 is 0. The summed E-state index contributed by atoms with van der Waals surface area (Å²) in [6, 6.07) is 0. The Morgan fingerprint density at radius 1 is 1.17 bits per heavy atom. The van der Waals surface area contributed by atoms with Gasteiger partial charge in [-0.3, -0.25) is 0 Å². The zero-order valence-corrected chi connectivity index (χ0v) is 8.68. The average Bonchev–Trinajstić information content (AvgIpc) is 2.10. The van der Waals surface area contributed by atoms with Gasteiger partial charge in [0.05, 0.1) is 0 Å². The lowest BCUT2D eigenvalue weighted by molar-refractivity contribution is 0.475. The molecule has 1 heteroatoms. The lowest BCUT2D eigenvalue weighted by atomic mass is 10.0. The van der Waals surface area contributed by atoms with Gasteiger partial charge in [-0.2, -0.15) is 0 Å². The second-order valence-corrected chi connectivity index (χ2v) is 3.66. The van der Waals surface area contributed by atoms with Crippen LogP contribution in [-0.2, 0) is 0 Å². The molecule has 0 aliphatic rings. The second-order valence-electron chi connectivity index (χ2n) is 3.66. The molecule has 0 unspecified atom stereocenters. The van der Waals surface area contributed by atoms with Crippen molar-refractivity contribution in [3.63, 3.8) is 0 Å². The average molecular weight is 169 g/mol. The summed E-state index contributed by atoms with van der Waals surface area (Å²) >= 11 is 0. The molecule has 0 fully saturated rings. The van der Waals surface area contributed by atoms with Gasteiger partial charge in [0.1, 0.15) is 0 Å². The van der Waals surface area contributed by atoms with Crippen LogP contribution in [0.15, 0.2) is 4.99 Å². The SMILES string of the molecule is C=NCCCCCC[C@@H](C)CC. The number of rotatable bonds is 8. The minimum atomic E-state index is 0.919. The summed E-state index contributed by atoms with van der Waals surface area (Å²) in [6.07, 6.45) is 8.05. The summed E-state index contributed by atoms with van der Waals surface area (Å²) in [5.41, 5.74) is 0. The van der Waals surface area contributed by atoms with Gasteiger partial charge in [0.15, 0.2) is 0 Å². The van der Waals surface area contributed by atoms with Gasteiger partial charge < -0.3 is 4.99 Å². The van der Waals surface area contributed by atoms with Crippen LogP contribution in [0.3, 0.4) is 0 Å². The van der Waals surface area contributed by atoms with Gasteiger partial charge in [0, 0.05) is 6.54 Å². The Balaban J connectivity index is 2.95. The standard InChI is InChI=1S/C11H23N/c1-4-11(2)9-7-5-6-8-10-12-3/h11H,3-10H2,1-2H3/t11-/m0/s1. The van der Waals surface area contributed by atoms with Crippen LogP contribution in [0.5, 0.6) is 0 Å². The molecule has 72 valence electrons. The van der Waals surface area contributed by atoms with E-state index in [9.17, 15) is 0 Å². The van der Waals surface area contributed by atoms with Crippen LogP contribution in [-0.4, -0.2) is 13.3 Å². The van der Waals surface area contributed by atoms with Crippen molar-refractivity contribution in [2.45, 2.75) is 52.4 Å². The van der Waals surface area contributed by atoms with E-state index in [0.29, 0.717) is 0 Å². The summed E-state index contributed by atoms with van der Waals surface area (Å²) in [5, 5.41) is 0. The van der Waals surface area contributed by atoms with Crippen molar-refractivity contribution in [3.8, 4) is 0 Å². The molecule has 0 spiro atoms. The van der Waals surface area contributed by atoms with Crippen molar-refractivity contribution in [1.82, 2.24) is 0 Å². The minimum Gasteiger partial charge on any atom is -0.301 e. The Morgan fingerprint density at radius 3 is 2.42 bits per heavy atom. The number of unbranched alkanes of at least 4 members (excludes halogenated alkanes) is 3. The highest BCUT2D eigenvalue weighted by molar-refractivity contribution is 5.22. The molecule has 0 aromatic rings. The van der Waals surface area contributed by atoms with Crippen molar-refractivity contribution in [1.29, 1.82) is 0 Å². The molecule has 1 nitrogen and oxygen atoms in total. The molecular weight excluding hydrogens is 146 g/mol. The van der Waals surface area contributed by atoms with E-state index in [1.807, 2.05) is 0 Å². The zero-order chi connectivity index (χ0) is 9.23. The summed E-state index contributed by atoms with van der Waals surface area (Å²) in [5.74, 6) is 0.919. The molecule has 0 aromatic carbocycles. The first-order valence-electron chi connectivity index (χ1n) is 5.23. The molecule has 0 saturated carbocycles. The van der Waals surface area contributed by atoms with Crippen LogP contribution in [0.4, 0.5) is 0 Å². The highest BCUT2D eigenvalue weighted by Crippen LogP contribution is 2.12. The molecule has 1 atom stereocenters. The van der Waals surface area contributed by atoms with Gasteiger partial charge in [-0.1, -0.05) is 46.0 Å². The molecule has 0 heterocycles. The minimum absolute atomic E-state index is 0.919. The maximum absolute atomic E-state index is 3.83. The van der Waals surface area contributed by atoms with Crippen molar-refractivity contribution in [2.24, 2.45) is 10.9 Å². The molecule has 0 radical (unpaired) electrons. The van der Waals surface area contributed by atoms with E-state index < -0.39 is 0 Å². The fraction of sp³-hybridized carbons (Fsp3) is 0.909. The third kappa shape index (κ3) is 7.77. The van der Waals surface area contributed by atoms with Crippen LogP contribution >= 0.6 is 0 Å². The molecule has 0 aliphatic carbocycles. The van der Waals surface area contributed by atoms with Crippen molar-refractivity contribution < 1.29 is 0 Å². The third-order valence-electron chi connectivity index (χ3n) is 2.46. The van der Waals surface area contributed by atoms with E-state index in [0.717, 1.165) is 12.5 Å². The topological polar surface area (TPSA) is 12.4 Å². The highest BCUT2D eigenvalue weighted by atomic mass is 14.7. The van der Waals surface area contributed by atoms with E-state index in [4.69, 9.17) is 0 Å².